The van der Waals surface area contributed by atoms with Crippen molar-refractivity contribution in [3.05, 3.63) is 47.2 Å². The zero-order valence-electron chi connectivity index (χ0n) is 14.1. The van der Waals surface area contributed by atoms with Gasteiger partial charge in [0.2, 0.25) is 11.8 Å². The molecule has 4 rings (SSSR count). The van der Waals surface area contributed by atoms with Crippen molar-refractivity contribution >= 4 is 22.7 Å². The third-order valence-corrected chi connectivity index (χ3v) is 4.95. The van der Waals surface area contributed by atoms with Crippen molar-refractivity contribution in [2.24, 2.45) is 0 Å². The molecular formula is C19H21N3O2. The molecular weight excluding hydrogens is 302 g/mol. The molecule has 1 saturated heterocycles. The average molecular weight is 323 g/mol. The standard InChI is InChI=1S/C19H21N3O2/c1-10(2)8-15-17-13(12-6-4-5-7-14(12)21-17)9-16-18(23)20-11(3)19(24)22(15)16/h4-8,11,15-16,21H,9H2,1-3H3,(H,20,23)/t11-,15+,16+/m0/s1. The van der Waals surface area contributed by atoms with Crippen LogP contribution in [0.15, 0.2) is 35.9 Å². The molecule has 0 radical (unpaired) electrons. The molecule has 2 aliphatic rings. The second-order valence-corrected chi connectivity index (χ2v) is 6.95. The number of allylic oxidation sites excluding steroid dienone is 1. The van der Waals surface area contributed by atoms with E-state index in [4.69, 9.17) is 0 Å². The van der Waals surface area contributed by atoms with Gasteiger partial charge in [0.15, 0.2) is 0 Å². The average Bonchev–Trinajstić information content (AvgIpc) is 2.91. The Labute approximate surface area is 140 Å². The predicted molar refractivity (Wildman–Crippen MR) is 92.4 cm³/mol. The molecule has 0 aliphatic carbocycles. The normalized spacial score (nSPS) is 26.0. The van der Waals surface area contributed by atoms with Gasteiger partial charge >= 0.3 is 0 Å². The molecule has 1 aromatic carbocycles. The number of para-hydroxylation sites is 1. The van der Waals surface area contributed by atoms with Gasteiger partial charge in [0.05, 0.1) is 6.04 Å². The fraction of sp³-hybridized carbons (Fsp3) is 0.368. The van der Waals surface area contributed by atoms with Crippen LogP contribution in [0.1, 0.15) is 38.1 Å². The van der Waals surface area contributed by atoms with Crippen LogP contribution in [0, 0.1) is 0 Å². The van der Waals surface area contributed by atoms with Crippen LogP contribution in [-0.4, -0.2) is 33.8 Å². The van der Waals surface area contributed by atoms with Gasteiger partial charge in [-0.05, 0) is 32.4 Å². The predicted octanol–water partition coefficient (Wildman–Crippen LogP) is 2.45. The topological polar surface area (TPSA) is 65.2 Å². The lowest BCUT2D eigenvalue weighted by Crippen LogP contribution is -2.64. The van der Waals surface area contributed by atoms with Gasteiger partial charge in [0, 0.05) is 23.0 Å². The van der Waals surface area contributed by atoms with Crippen LogP contribution < -0.4 is 5.32 Å². The SMILES string of the molecule is CC(C)=C[C@@H]1c2[nH]c3ccccc3c2C[C@@H]2C(=O)N[C@@H](C)C(=O)N21. The van der Waals surface area contributed by atoms with Gasteiger partial charge in [-0.25, -0.2) is 0 Å². The van der Waals surface area contributed by atoms with Crippen molar-refractivity contribution in [3.63, 3.8) is 0 Å². The minimum Gasteiger partial charge on any atom is -0.356 e. The molecule has 0 bridgehead atoms. The van der Waals surface area contributed by atoms with Crippen molar-refractivity contribution in [2.75, 3.05) is 0 Å². The van der Waals surface area contributed by atoms with Gasteiger partial charge in [0.1, 0.15) is 12.1 Å². The smallest absolute Gasteiger partial charge is 0.246 e. The van der Waals surface area contributed by atoms with Gasteiger partial charge in [-0.2, -0.15) is 0 Å². The van der Waals surface area contributed by atoms with Crippen LogP contribution in [0.4, 0.5) is 0 Å². The highest BCUT2D eigenvalue weighted by molar-refractivity contribution is 5.99. The minimum atomic E-state index is -0.479. The van der Waals surface area contributed by atoms with Crippen LogP contribution in [0.25, 0.3) is 10.9 Å². The fourth-order valence-electron chi connectivity index (χ4n) is 3.90. The number of nitrogens with zero attached hydrogens (tertiary/aromatic N) is 1. The summed E-state index contributed by atoms with van der Waals surface area (Å²) in [5.41, 5.74) is 4.35. The molecule has 5 heteroatoms. The van der Waals surface area contributed by atoms with Crippen LogP contribution in [0.5, 0.6) is 0 Å². The molecule has 0 unspecified atom stereocenters. The zero-order chi connectivity index (χ0) is 17.0. The number of H-pyrrole nitrogens is 1. The lowest BCUT2D eigenvalue weighted by atomic mass is 9.88. The summed E-state index contributed by atoms with van der Waals surface area (Å²) in [5, 5.41) is 3.95. The monoisotopic (exact) mass is 323 g/mol. The van der Waals surface area contributed by atoms with E-state index < -0.39 is 12.1 Å². The maximum atomic E-state index is 12.8. The first-order chi connectivity index (χ1) is 11.5. The fourth-order valence-corrected chi connectivity index (χ4v) is 3.90. The van der Waals surface area contributed by atoms with Crippen molar-refractivity contribution in [1.29, 1.82) is 0 Å². The van der Waals surface area contributed by atoms with Crippen LogP contribution >= 0.6 is 0 Å². The van der Waals surface area contributed by atoms with Crippen molar-refractivity contribution in [3.8, 4) is 0 Å². The van der Waals surface area contributed by atoms with E-state index in [1.54, 1.807) is 11.8 Å². The van der Waals surface area contributed by atoms with E-state index in [2.05, 4.69) is 22.4 Å². The first kappa shape index (κ1) is 15.0. The number of fused-ring (bicyclic) bond motifs is 4. The molecule has 3 heterocycles. The summed E-state index contributed by atoms with van der Waals surface area (Å²) in [6.07, 6.45) is 2.63. The van der Waals surface area contributed by atoms with Crippen LogP contribution in [-0.2, 0) is 16.0 Å². The molecule has 0 saturated carbocycles. The summed E-state index contributed by atoms with van der Waals surface area (Å²) in [4.78, 5) is 30.6. The van der Waals surface area contributed by atoms with E-state index in [0.717, 1.165) is 27.7 Å². The first-order valence-corrected chi connectivity index (χ1v) is 8.34. The van der Waals surface area contributed by atoms with E-state index in [0.29, 0.717) is 6.42 Å². The second kappa shape index (κ2) is 5.23. The Morgan fingerprint density at radius 1 is 1.25 bits per heavy atom. The molecule has 0 spiro atoms. The van der Waals surface area contributed by atoms with Gasteiger partial charge < -0.3 is 15.2 Å². The molecule has 2 aromatic rings. The maximum absolute atomic E-state index is 12.8. The zero-order valence-corrected chi connectivity index (χ0v) is 14.1. The van der Waals surface area contributed by atoms with E-state index in [1.807, 2.05) is 32.0 Å². The Bertz CT molecular complexity index is 876. The summed E-state index contributed by atoms with van der Waals surface area (Å²) >= 11 is 0. The summed E-state index contributed by atoms with van der Waals surface area (Å²) in [7, 11) is 0. The highest BCUT2D eigenvalue weighted by Crippen LogP contribution is 2.39. The Kier molecular flexibility index (Phi) is 3.27. The summed E-state index contributed by atoms with van der Waals surface area (Å²) < 4.78 is 0. The molecule has 2 N–H and O–H groups in total. The van der Waals surface area contributed by atoms with Crippen molar-refractivity contribution in [2.45, 2.75) is 45.3 Å². The number of piperazine rings is 1. The number of benzene rings is 1. The molecule has 3 atom stereocenters. The van der Waals surface area contributed by atoms with Gasteiger partial charge in [-0.15, -0.1) is 0 Å². The molecule has 124 valence electrons. The number of amides is 2. The molecule has 2 aliphatic heterocycles. The molecule has 24 heavy (non-hydrogen) atoms. The third kappa shape index (κ3) is 2.08. The highest BCUT2D eigenvalue weighted by Gasteiger charge is 2.46. The summed E-state index contributed by atoms with van der Waals surface area (Å²) in [6.45, 7) is 5.78. The lowest BCUT2D eigenvalue weighted by Gasteiger charge is -2.45. The number of hydrogen-bond acceptors (Lipinski definition) is 2. The highest BCUT2D eigenvalue weighted by atomic mass is 16.2. The lowest BCUT2D eigenvalue weighted by molar-refractivity contribution is -0.151. The number of aromatic nitrogens is 1. The number of rotatable bonds is 1. The van der Waals surface area contributed by atoms with E-state index >= 15 is 0 Å². The van der Waals surface area contributed by atoms with Crippen molar-refractivity contribution < 1.29 is 9.59 Å². The van der Waals surface area contributed by atoms with Crippen molar-refractivity contribution in [1.82, 2.24) is 15.2 Å². The molecule has 2 amide bonds. The van der Waals surface area contributed by atoms with E-state index in [1.165, 1.54) is 0 Å². The minimum absolute atomic E-state index is 0.0218. The number of nitrogens with one attached hydrogen (secondary N) is 2. The maximum Gasteiger partial charge on any atom is 0.246 e. The van der Waals surface area contributed by atoms with Crippen LogP contribution in [0.2, 0.25) is 0 Å². The number of aromatic amines is 1. The van der Waals surface area contributed by atoms with Gasteiger partial charge in [0.25, 0.3) is 0 Å². The van der Waals surface area contributed by atoms with Gasteiger partial charge in [-0.1, -0.05) is 29.8 Å². The molecule has 5 nitrogen and oxygen atoms in total. The summed E-state index contributed by atoms with van der Waals surface area (Å²) in [6, 6.07) is 6.97. The molecule has 1 aromatic heterocycles. The Balaban J connectivity index is 1.95. The van der Waals surface area contributed by atoms with Crippen LogP contribution in [0.3, 0.4) is 0 Å². The second-order valence-electron chi connectivity index (χ2n) is 6.95. The van der Waals surface area contributed by atoms with Gasteiger partial charge in [-0.3, -0.25) is 9.59 Å². The summed E-state index contributed by atoms with van der Waals surface area (Å²) in [5.74, 6) is -0.0865. The Hall–Kier alpha value is -2.56. The third-order valence-electron chi connectivity index (χ3n) is 4.95. The number of carbonyl (C=O) groups is 2. The molecule has 1 fully saturated rings. The van der Waals surface area contributed by atoms with E-state index in [9.17, 15) is 9.59 Å². The van der Waals surface area contributed by atoms with E-state index in [-0.39, 0.29) is 17.9 Å². The number of hydrogen-bond donors (Lipinski definition) is 2. The first-order valence-electron chi connectivity index (χ1n) is 8.34. The quantitative estimate of drug-likeness (QED) is 0.792. The largest absolute Gasteiger partial charge is 0.356 e. The number of carbonyl (C=O) groups excluding carboxylic acids is 2. The Morgan fingerprint density at radius 3 is 2.75 bits per heavy atom. The Morgan fingerprint density at radius 2 is 2.00 bits per heavy atom.